The fourth-order valence-electron chi connectivity index (χ4n) is 2.34. The molecule has 2 heterocycles. The summed E-state index contributed by atoms with van der Waals surface area (Å²) in [6, 6.07) is 0.564. The second-order valence-corrected chi connectivity index (χ2v) is 4.40. The Morgan fingerprint density at radius 3 is 3.00 bits per heavy atom. The lowest BCUT2D eigenvalue weighted by Crippen LogP contribution is -2.49. The van der Waals surface area contributed by atoms with Gasteiger partial charge in [0, 0.05) is 19.1 Å². The van der Waals surface area contributed by atoms with Crippen molar-refractivity contribution < 1.29 is 4.79 Å². The monoisotopic (exact) mass is 197 g/mol. The van der Waals surface area contributed by atoms with Crippen LogP contribution in [0.25, 0.3) is 0 Å². The zero-order valence-corrected chi connectivity index (χ0v) is 8.75. The number of likely N-dealkylation sites (tertiary alicyclic amines) is 1. The quantitative estimate of drug-likeness (QED) is 0.631. The number of carbonyl (C=O) groups excluding carboxylic acids is 1. The SMILES string of the molecule is CN1CCCC(NC2CCNC2=O)C1. The van der Waals surface area contributed by atoms with Gasteiger partial charge in [0.05, 0.1) is 6.04 Å². The molecule has 80 valence electrons. The molecule has 0 bridgehead atoms. The van der Waals surface area contributed by atoms with Gasteiger partial charge < -0.3 is 15.5 Å². The van der Waals surface area contributed by atoms with Crippen molar-refractivity contribution in [2.45, 2.75) is 31.3 Å². The maximum Gasteiger partial charge on any atom is 0.237 e. The van der Waals surface area contributed by atoms with Crippen LogP contribution < -0.4 is 10.6 Å². The van der Waals surface area contributed by atoms with Crippen LogP contribution in [0.3, 0.4) is 0 Å². The Kier molecular flexibility index (Phi) is 3.03. The number of carbonyl (C=O) groups is 1. The molecule has 4 heteroatoms. The molecule has 4 nitrogen and oxygen atoms in total. The summed E-state index contributed by atoms with van der Waals surface area (Å²) in [6.07, 6.45) is 3.38. The minimum Gasteiger partial charge on any atom is -0.355 e. The fraction of sp³-hybridized carbons (Fsp3) is 0.900. The summed E-state index contributed by atoms with van der Waals surface area (Å²) in [6.45, 7) is 3.10. The van der Waals surface area contributed by atoms with Crippen LogP contribution >= 0.6 is 0 Å². The lowest BCUT2D eigenvalue weighted by molar-refractivity contribution is -0.121. The third-order valence-electron chi connectivity index (χ3n) is 3.11. The standard InChI is InChI=1S/C10H19N3O/c1-13-6-2-3-8(7-13)12-9-4-5-11-10(9)14/h8-9,12H,2-7H2,1H3,(H,11,14). The number of nitrogens with one attached hydrogen (secondary N) is 2. The predicted octanol–water partition coefficient (Wildman–Crippen LogP) is -0.441. The van der Waals surface area contributed by atoms with Gasteiger partial charge in [-0.2, -0.15) is 0 Å². The Morgan fingerprint density at radius 1 is 1.50 bits per heavy atom. The average molecular weight is 197 g/mol. The normalized spacial score (nSPS) is 34.5. The maximum absolute atomic E-state index is 11.3. The van der Waals surface area contributed by atoms with Crippen molar-refractivity contribution >= 4 is 5.91 Å². The van der Waals surface area contributed by atoms with Crippen molar-refractivity contribution in [3.8, 4) is 0 Å². The van der Waals surface area contributed by atoms with Crippen molar-refractivity contribution in [1.29, 1.82) is 0 Å². The molecule has 0 aliphatic carbocycles. The number of rotatable bonds is 2. The summed E-state index contributed by atoms with van der Waals surface area (Å²) in [7, 11) is 2.14. The van der Waals surface area contributed by atoms with Gasteiger partial charge in [0.1, 0.15) is 0 Å². The number of likely N-dealkylation sites (N-methyl/N-ethyl adjacent to an activating group) is 1. The van der Waals surface area contributed by atoms with Gasteiger partial charge in [0.15, 0.2) is 0 Å². The summed E-state index contributed by atoms with van der Waals surface area (Å²) in [5.74, 6) is 0.179. The highest BCUT2D eigenvalue weighted by molar-refractivity contribution is 5.83. The van der Waals surface area contributed by atoms with E-state index in [1.807, 2.05) is 0 Å². The van der Waals surface area contributed by atoms with Crippen molar-refractivity contribution in [3.63, 3.8) is 0 Å². The molecule has 0 spiro atoms. The third-order valence-corrected chi connectivity index (χ3v) is 3.11. The third kappa shape index (κ3) is 2.25. The molecule has 1 amide bonds. The molecule has 0 aromatic carbocycles. The largest absolute Gasteiger partial charge is 0.355 e. The van der Waals surface area contributed by atoms with Crippen LogP contribution in [-0.2, 0) is 4.79 Å². The second kappa shape index (κ2) is 4.28. The van der Waals surface area contributed by atoms with E-state index in [9.17, 15) is 4.79 Å². The first kappa shape index (κ1) is 9.93. The molecule has 2 unspecified atom stereocenters. The molecule has 2 rings (SSSR count). The maximum atomic E-state index is 11.3. The topological polar surface area (TPSA) is 44.4 Å². The zero-order valence-electron chi connectivity index (χ0n) is 8.75. The summed E-state index contributed by atoms with van der Waals surface area (Å²) >= 11 is 0. The van der Waals surface area contributed by atoms with Crippen LogP contribution in [0.1, 0.15) is 19.3 Å². The molecule has 0 radical (unpaired) electrons. The molecular weight excluding hydrogens is 178 g/mol. The first-order valence-electron chi connectivity index (χ1n) is 5.48. The number of piperidine rings is 1. The van der Waals surface area contributed by atoms with Crippen molar-refractivity contribution in [3.05, 3.63) is 0 Å². The minimum absolute atomic E-state index is 0.0616. The fourth-order valence-corrected chi connectivity index (χ4v) is 2.34. The number of amides is 1. The highest BCUT2D eigenvalue weighted by atomic mass is 16.2. The van der Waals surface area contributed by atoms with E-state index < -0.39 is 0 Å². The molecule has 0 aromatic heterocycles. The molecular formula is C10H19N3O. The highest BCUT2D eigenvalue weighted by Crippen LogP contribution is 2.10. The van der Waals surface area contributed by atoms with E-state index in [-0.39, 0.29) is 11.9 Å². The van der Waals surface area contributed by atoms with Gasteiger partial charge in [-0.25, -0.2) is 0 Å². The lowest BCUT2D eigenvalue weighted by Gasteiger charge is -2.31. The van der Waals surface area contributed by atoms with Crippen LogP contribution in [0, 0.1) is 0 Å². The van der Waals surface area contributed by atoms with E-state index in [4.69, 9.17) is 0 Å². The van der Waals surface area contributed by atoms with Crippen LogP contribution in [0.15, 0.2) is 0 Å². The average Bonchev–Trinajstić information content (AvgIpc) is 2.52. The zero-order chi connectivity index (χ0) is 9.97. The summed E-state index contributed by atoms with van der Waals surface area (Å²) in [5, 5.41) is 6.30. The van der Waals surface area contributed by atoms with E-state index >= 15 is 0 Å². The van der Waals surface area contributed by atoms with E-state index in [1.54, 1.807) is 0 Å². The van der Waals surface area contributed by atoms with Gasteiger partial charge in [0.25, 0.3) is 0 Å². The van der Waals surface area contributed by atoms with Gasteiger partial charge >= 0.3 is 0 Å². The number of hydrogen-bond donors (Lipinski definition) is 2. The number of nitrogens with zero attached hydrogens (tertiary/aromatic N) is 1. The van der Waals surface area contributed by atoms with Crippen LogP contribution in [0.2, 0.25) is 0 Å². The summed E-state index contributed by atoms with van der Waals surface area (Å²) in [5.41, 5.74) is 0. The number of hydrogen-bond acceptors (Lipinski definition) is 3. The van der Waals surface area contributed by atoms with Gasteiger partial charge in [-0.3, -0.25) is 4.79 Å². The summed E-state index contributed by atoms with van der Waals surface area (Å²) < 4.78 is 0. The summed E-state index contributed by atoms with van der Waals surface area (Å²) in [4.78, 5) is 13.7. The highest BCUT2D eigenvalue weighted by Gasteiger charge is 2.27. The van der Waals surface area contributed by atoms with Gasteiger partial charge in [0.2, 0.25) is 5.91 Å². The Balaban J connectivity index is 1.81. The predicted molar refractivity (Wildman–Crippen MR) is 55.1 cm³/mol. The van der Waals surface area contributed by atoms with Crippen molar-refractivity contribution in [2.75, 3.05) is 26.7 Å². The second-order valence-electron chi connectivity index (χ2n) is 4.40. The Labute approximate surface area is 85.0 Å². The van der Waals surface area contributed by atoms with Crippen molar-refractivity contribution in [1.82, 2.24) is 15.5 Å². The Hall–Kier alpha value is -0.610. The molecule has 0 saturated carbocycles. The minimum atomic E-state index is 0.0616. The molecule has 2 N–H and O–H groups in total. The van der Waals surface area contributed by atoms with E-state index in [0.29, 0.717) is 6.04 Å². The Morgan fingerprint density at radius 2 is 2.36 bits per heavy atom. The molecule has 14 heavy (non-hydrogen) atoms. The first-order valence-corrected chi connectivity index (χ1v) is 5.48. The molecule has 2 saturated heterocycles. The lowest BCUT2D eigenvalue weighted by atomic mass is 10.0. The first-order chi connectivity index (χ1) is 6.75. The van der Waals surface area contributed by atoms with Crippen LogP contribution in [0.5, 0.6) is 0 Å². The van der Waals surface area contributed by atoms with E-state index in [0.717, 1.165) is 19.5 Å². The molecule has 2 fully saturated rings. The smallest absolute Gasteiger partial charge is 0.237 e. The van der Waals surface area contributed by atoms with Crippen LogP contribution in [-0.4, -0.2) is 49.6 Å². The van der Waals surface area contributed by atoms with Crippen LogP contribution in [0.4, 0.5) is 0 Å². The molecule has 2 atom stereocenters. The molecule has 2 aliphatic heterocycles. The van der Waals surface area contributed by atoms with Gasteiger partial charge in [-0.15, -0.1) is 0 Å². The Bertz CT molecular complexity index is 219. The van der Waals surface area contributed by atoms with E-state index in [2.05, 4.69) is 22.6 Å². The van der Waals surface area contributed by atoms with Crippen molar-refractivity contribution in [2.24, 2.45) is 0 Å². The molecule has 2 aliphatic rings. The molecule has 0 aromatic rings. The van der Waals surface area contributed by atoms with Gasteiger partial charge in [-0.1, -0.05) is 0 Å². The van der Waals surface area contributed by atoms with E-state index in [1.165, 1.54) is 19.4 Å². The van der Waals surface area contributed by atoms with Gasteiger partial charge in [-0.05, 0) is 32.9 Å².